The lowest BCUT2D eigenvalue weighted by Gasteiger charge is -2.39. The van der Waals surface area contributed by atoms with Gasteiger partial charge in [0.1, 0.15) is 5.54 Å². The molecule has 0 aliphatic carbocycles. The summed E-state index contributed by atoms with van der Waals surface area (Å²) in [7, 11) is 1.92. The number of benzodiazepines with no additional fused rings is 1. The molecule has 1 aromatic carbocycles. The van der Waals surface area contributed by atoms with Gasteiger partial charge in [0.05, 0.1) is 18.0 Å². The molecule has 2 N–H and O–H groups in total. The Morgan fingerprint density at radius 2 is 2.04 bits per heavy atom. The quantitative estimate of drug-likeness (QED) is 0.711. The highest BCUT2D eigenvalue weighted by Gasteiger charge is 2.44. The van der Waals surface area contributed by atoms with Crippen LogP contribution < -0.4 is 10.6 Å². The molecule has 1 unspecified atom stereocenters. The topological polar surface area (TPSA) is 71.6 Å². The van der Waals surface area contributed by atoms with Gasteiger partial charge < -0.3 is 10.6 Å². The van der Waals surface area contributed by atoms with Crippen LogP contribution in [0.2, 0.25) is 0 Å². The van der Waals surface area contributed by atoms with Gasteiger partial charge >= 0.3 is 0 Å². The highest BCUT2D eigenvalue weighted by molar-refractivity contribution is 7.08. The van der Waals surface area contributed by atoms with Crippen LogP contribution in [-0.2, 0) is 0 Å². The average molecular weight is 376 g/mol. The van der Waals surface area contributed by atoms with Crippen molar-refractivity contribution in [2.45, 2.75) is 5.54 Å². The molecule has 1 aliphatic rings. The number of nitrogens with zero attached hydrogens (tertiary/aromatic N) is 3. The number of pyridine rings is 1. The summed E-state index contributed by atoms with van der Waals surface area (Å²) in [4.78, 5) is 24.7. The van der Waals surface area contributed by atoms with Gasteiger partial charge in [0.2, 0.25) is 0 Å². The number of thiophene rings is 1. The molecular formula is C21H20N4OS. The average Bonchev–Trinajstić information content (AvgIpc) is 3.22. The molecule has 0 bridgehead atoms. The zero-order valence-electron chi connectivity index (χ0n) is 15.0. The maximum Gasteiger partial charge on any atom is 0.192 e. The second kappa shape index (κ2) is 7.06. The van der Waals surface area contributed by atoms with E-state index in [0.29, 0.717) is 5.56 Å². The van der Waals surface area contributed by atoms with E-state index in [1.807, 2.05) is 71.2 Å². The summed E-state index contributed by atoms with van der Waals surface area (Å²) in [6.07, 6.45) is 1.75. The highest BCUT2D eigenvalue weighted by atomic mass is 32.1. The fraction of sp³-hybridized carbons (Fsp3) is 0.190. The maximum atomic E-state index is 13.4. The lowest BCUT2D eigenvalue weighted by molar-refractivity contribution is 0.0897. The minimum absolute atomic E-state index is 0.00502. The molecule has 5 nitrogen and oxygen atoms in total. The van der Waals surface area contributed by atoms with Crippen molar-refractivity contribution >= 4 is 28.5 Å². The first-order valence-electron chi connectivity index (χ1n) is 8.73. The number of anilines is 1. The Balaban J connectivity index is 1.91. The van der Waals surface area contributed by atoms with E-state index in [-0.39, 0.29) is 18.9 Å². The number of hydrogen-bond acceptors (Lipinski definition) is 6. The van der Waals surface area contributed by atoms with Crippen LogP contribution in [0.15, 0.2) is 70.5 Å². The molecule has 0 fully saturated rings. The highest BCUT2D eigenvalue weighted by Crippen LogP contribution is 2.33. The summed E-state index contributed by atoms with van der Waals surface area (Å²) in [5.41, 5.74) is 9.38. The van der Waals surface area contributed by atoms with E-state index in [2.05, 4.69) is 4.98 Å². The molecule has 136 valence electrons. The molecule has 6 heteroatoms. The van der Waals surface area contributed by atoms with Gasteiger partial charge in [0.15, 0.2) is 5.78 Å². The molecule has 0 radical (unpaired) electrons. The van der Waals surface area contributed by atoms with Crippen LogP contribution in [0.3, 0.4) is 0 Å². The maximum absolute atomic E-state index is 13.4. The predicted octanol–water partition coefficient (Wildman–Crippen LogP) is 3.01. The van der Waals surface area contributed by atoms with Crippen molar-refractivity contribution in [3.05, 3.63) is 82.3 Å². The number of fused-ring (bicyclic) bond motifs is 1. The van der Waals surface area contributed by atoms with E-state index >= 15 is 0 Å². The van der Waals surface area contributed by atoms with E-state index in [0.717, 1.165) is 22.7 Å². The summed E-state index contributed by atoms with van der Waals surface area (Å²) in [5, 5.41) is 3.78. The van der Waals surface area contributed by atoms with Crippen molar-refractivity contribution in [1.82, 2.24) is 4.98 Å². The molecule has 0 saturated carbocycles. The zero-order valence-corrected chi connectivity index (χ0v) is 15.8. The van der Waals surface area contributed by atoms with Crippen LogP contribution in [0, 0.1) is 0 Å². The molecule has 3 aromatic rings. The Hall–Kier alpha value is -2.83. The summed E-state index contributed by atoms with van der Waals surface area (Å²) in [5.74, 6) is -0.00502. The van der Waals surface area contributed by atoms with Gasteiger partial charge in [-0.15, -0.1) is 0 Å². The Kier molecular flexibility index (Phi) is 4.59. The van der Waals surface area contributed by atoms with Gasteiger partial charge in [0.25, 0.3) is 0 Å². The fourth-order valence-electron chi connectivity index (χ4n) is 3.50. The Labute approximate surface area is 162 Å². The third kappa shape index (κ3) is 2.87. The number of carbonyl (C=O) groups is 1. The van der Waals surface area contributed by atoms with Crippen molar-refractivity contribution in [3.8, 4) is 0 Å². The van der Waals surface area contributed by atoms with Crippen molar-refractivity contribution in [2.24, 2.45) is 10.7 Å². The number of likely N-dealkylation sites (N-methyl/N-ethyl adjacent to an activating group) is 1. The molecule has 1 aliphatic heterocycles. The first-order valence-corrected chi connectivity index (χ1v) is 9.68. The third-order valence-electron chi connectivity index (χ3n) is 5.11. The molecule has 27 heavy (non-hydrogen) atoms. The zero-order chi connectivity index (χ0) is 18.9. The number of aliphatic imine (C=N–C) groups is 1. The monoisotopic (exact) mass is 376 g/mol. The minimum Gasteiger partial charge on any atom is -0.358 e. The number of carbonyl (C=O) groups excluding carboxylic acids is 1. The second-order valence-corrected chi connectivity index (χ2v) is 7.31. The molecule has 1 atom stereocenters. The Morgan fingerprint density at radius 1 is 1.22 bits per heavy atom. The van der Waals surface area contributed by atoms with Crippen molar-refractivity contribution in [3.63, 3.8) is 0 Å². The third-order valence-corrected chi connectivity index (χ3v) is 5.80. The molecular weight excluding hydrogens is 356 g/mol. The van der Waals surface area contributed by atoms with E-state index in [4.69, 9.17) is 10.7 Å². The van der Waals surface area contributed by atoms with Gasteiger partial charge in [0, 0.05) is 42.0 Å². The number of rotatable bonds is 4. The van der Waals surface area contributed by atoms with Crippen LogP contribution in [-0.4, -0.2) is 42.2 Å². The fourth-order valence-corrected chi connectivity index (χ4v) is 4.14. The van der Waals surface area contributed by atoms with Gasteiger partial charge in [-0.2, -0.15) is 11.3 Å². The Morgan fingerprint density at radius 3 is 2.74 bits per heavy atom. The molecule has 2 aromatic heterocycles. The largest absolute Gasteiger partial charge is 0.358 e. The lowest BCUT2D eigenvalue weighted by atomic mass is 9.88. The lowest BCUT2D eigenvalue weighted by Crippen LogP contribution is -2.60. The summed E-state index contributed by atoms with van der Waals surface area (Å²) < 4.78 is 0. The normalized spacial score (nSPS) is 19.2. The number of para-hydroxylation sites is 1. The number of Topliss-reactive ketones (excluding diaryl/α,β-unsaturated/α-hetero) is 1. The first kappa shape index (κ1) is 17.6. The van der Waals surface area contributed by atoms with E-state index in [1.54, 1.807) is 6.20 Å². The number of nitrogens with two attached hydrogens (primary N) is 1. The summed E-state index contributed by atoms with van der Waals surface area (Å²) >= 11 is 1.50. The summed E-state index contributed by atoms with van der Waals surface area (Å²) in [6.45, 7) is 0.445. The van der Waals surface area contributed by atoms with Crippen molar-refractivity contribution < 1.29 is 4.79 Å². The standard InChI is InChI=1S/C21H20N4OS/c1-25-18-8-3-2-6-16(18)19(17-7-4-5-10-23-17)24-14-21(25,13-22)20(26)15-9-11-27-12-15/h2-12H,13-14,22H2,1H3. The Bertz CT molecular complexity index is 984. The number of ketones is 1. The number of benzene rings is 1. The van der Waals surface area contributed by atoms with E-state index in [9.17, 15) is 4.79 Å². The van der Waals surface area contributed by atoms with Crippen LogP contribution in [0.4, 0.5) is 5.69 Å². The molecule has 0 spiro atoms. The van der Waals surface area contributed by atoms with Crippen molar-refractivity contribution in [1.29, 1.82) is 0 Å². The van der Waals surface area contributed by atoms with Gasteiger partial charge in [-0.25, -0.2) is 0 Å². The van der Waals surface area contributed by atoms with Crippen LogP contribution >= 0.6 is 11.3 Å². The second-order valence-electron chi connectivity index (χ2n) is 6.53. The smallest absolute Gasteiger partial charge is 0.192 e. The van der Waals surface area contributed by atoms with Crippen LogP contribution in [0.1, 0.15) is 21.6 Å². The van der Waals surface area contributed by atoms with Gasteiger partial charge in [-0.05, 0) is 29.6 Å². The number of aromatic nitrogens is 1. The minimum atomic E-state index is -0.937. The molecule has 0 amide bonds. The summed E-state index contributed by atoms with van der Waals surface area (Å²) in [6, 6.07) is 15.6. The van der Waals surface area contributed by atoms with Gasteiger partial charge in [-0.1, -0.05) is 24.3 Å². The van der Waals surface area contributed by atoms with Crippen molar-refractivity contribution in [2.75, 3.05) is 25.0 Å². The van der Waals surface area contributed by atoms with Gasteiger partial charge in [-0.3, -0.25) is 14.8 Å². The first-order chi connectivity index (χ1) is 13.2. The predicted molar refractivity (Wildman–Crippen MR) is 110 cm³/mol. The molecule has 3 heterocycles. The number of hydrogen-bond donors (Lipinski definition) is 1. The molecule has 0 saturated heterocycles. The van der Waals surface area contributed by atoms with Crippen LogP contribution in [0.25, 0.3) is 0 Å². The van der Waals surface area contributed by atoms with Crippen LogP contribution in [0.5, 0.6) is 0 Å². The SMILES string of the molecule is CN1c2ccccc2C(c2ccccn2)=NCC1(CN)C(=O)c1ccsc1. The van der Waals surface area contributed by atoms with E-state index in [1.165, 1.54) is 11.3 Å². The molecule has 4 rings (SSSR count). The van der Waals surface area contributed by atoms with E-state index < -0.39 is 5.54 Å².